The molecule has 0 atom stereocenters. The summed E-state index contributed by atoms with van der Waals surface area (Å²) in [4.78, 5) is 6.56. The lowest BCUT2D eigenvalue weighted by molar-refractivity contribution is 0.331. The van der Waals surface area contributed by atoms with Crippen molar-refractivity contribution < 1.29 is 13.2 Å². The van der Waals surface area contributed by atoms with Gasteiger partial charge in [0.15, 0.2) is 17.5 Å². The summed E-state index contributed by atoms with van der Waals surface area (Å²) in [6.07, 6.45) is 4.01. The second-order valence-electron chi connectivity index (χ2n) is 7.73. The van der Waals surface area contributed by atoms with E-state index in [1.807, 2.05) is 24.3 Å². The number of benzene rings is 2. The molecular weight excluding hydrogens is 431 g/mol. The Kier molecular flexibility index (Phi) is 6.64. The number of rotatable bonds is 6. The number of likely N-dealkylation sites (tertiary alicyclic amines) is 1. The van der Waals surface area contributed by atoms with Crippen molar-refractivity contribution in [3.8, 4) is 11.1 Å². The van der Waals surface area contributed by atoms with Gasteiger partial charge >= 0.3 is 0 Å². The Morgan fingerprint density at radius 1 is 1.03 bits per heavy atom. The lowest BCUT2D eigenvalue weighted by Crippen LogP contribution is -2.18. The molecule has 170 valence electrons. The van der Waals surface area contributed by atoms with Crippen LogP contribution in [0.15, 0.2) is 59.0 Å². The average molecular weight is 453 g/mol. The van der Waals surface area contributed by atoms with Crippen LogP contribution in [0.4, 0.5) is 24.7 Å². The smallest absolute Gasteiger partial charge is 0.185 e. The number of nitrogen functional groups attached to an aromatic ring is 1. The lowest BCUT2D eigenvalue weighted by atomic mass is 10.0. The fraction of sp³-hybridized carbons (Fsp3) is 0.217. The molecule has 1 aliphatic heterocycles. The minimum absolute atomic E-state index is 0.00322. The van der Waals surface area contributed by atoms with Crippen LogP contribution in [0.1, 0.15) is 24.0 Å². The molecule has 1 fully saturated rings. The number of hydrogen-bond acceptors (Lipinski definition) is 5. The Bertz CT molecular complexity index is 1190. The fourth-order valence-electron chi connectivity index (χ4n) is 3.78. The zero-order valence-electron chi connectivity index (χ0n) is 17.7. The molecule has 0 radical (unpaired) electrons. The van der Waals surface area contributed by atoms with Gasteiger partial charge in [0.25, 0.3) is 0 Å². The number of pyridine rings is 1. The van der Waals surface area contributed by atoms with Crippen LogP contribution in [-0.4, -0.2) is 28.8 Å². The third-order valence-corrected chi connectivity index (χ3v) is 5.50. The highest BCUT2D eigenvalue weighted by molar-refractivity contribution is 6.11. The Labute approximate surface area is 188 Å². The predicted molar refractivity (Wildman–Crippen MR) is 120 cm³/mol. The first-order chi connectivity index (χ1) is 16.0. The van der Waals surface area contributed by atoms with Crippen LogP contribution in [0.25, 0.3) is 11.1 Å². The van der Waals surface area contributed by atoms with Gasteiger partial charge in [-0.25, -0.2) is 18.2 Å². The van der Waals surface area contributed by atoms with Crippen LogP contribution in [0.2, 0.25) is 0 Å². The van der Waals surface area contributed by atoms with E-state index < -0.39 is 23.1 Å². The molecule has 33 heavy (non-hydrogen) atoms. The van der Waals surface area contributed by atoms with Crippen molar-refractivity contribution in [3.05, 3.63) is 77.2 Å². The number of hydrogen-bond donors (Lipinski definition) is 3. The molecule has 0 spiro atoms. The average Bonchev–Trinajstić information content (AvgIpc) is 3.33. The second kappa shape index (κ2) is 9.78. The van der Waals surface area contributed by atoms with E-state index in [1.54, 1.807) is 12.3 Å². The molecule has 1 saturated heterocycles. The third kappa shape index (κ3) is 5.01. The number of aromatic nitrogens is 1. The van der Waals surface area contributed by atoms with Crippen molar-refractivity contribution in [2.24, 2.45) is 10.3 Å². The van der Waals surface area contributed by atoms with Gasteiger partial charge in [0, 0.05) is 18.3 Å². The van der Waals surface area contributed by atoms with Gasteiger partial charge in [-0.05, 0) is 55.3 Å². The van der Waals surface area contributed by atoms with E-state index in [0.29, 0.717) is 11.6 Å². The summed E-state index contributed by atoms with van der Waals surface area (Å²) in [5, 5.41) is 8.89. The number of amidine groups is 1. The maximum Gasteiger partial charge on any atom is 0.185 e. The van der Waals surface area contributed by atoms with Gasteiger partial charge in [-0.2, -0.15) is 5.53 Å². The first-order valence-electron chi connectivity index (χ1n) is 10.4. The van der Waals surface area contributed by atoms with Crippen molar-refractivity contribution >= 4 is 17.3 Å². The Morgan fingerprint density at radius 3 is 2.42 bits per heavy atom. The highest BCUT2D eigenvalue weighted by atomic mass is 19.2. The van der Waals surface area contributed by atoms with Crippen LogP contribution in [-0.2, 0) is 6.54 Å². The molecule has 0 bridgehead atoms. The van der Waals surface area contributed by atoms with Crippen molar-refractivity contribution in [1.82, 2.24) is 9.88 Å². The van der Waals surface area contributed by atoms with Crippen molar-refractivity contribution in [1.29, 1.82) is 5.53 Å². The van der Waals surface area contributed by atoms with E-state index in [1.165, 1.54) is 18.4 Å². The van der Waals surface area contributed by atoms with E-state index in [0.717, 1.165) is 31.3 Å². The molecule has 7 nitrogen and oxygen atoms in total. The van der Waals surface area contributed by atoms with Crippen molar-refractivity contribution in [2.45, 2.75) is 19.4 Å². The molecule has 1 aromatic heterocycles. The maximum absolute atomic E-state index is 14.1. The normalized spacial score (nSPS) is 14.5. The van der Waals surface area contributed by atoms with Crippen LogP contribution in [0.5, 0.6) is 0 Å². The Hall–Kier alpha value is -3.79. The summed E-state index contributed by atoms with van der Waals surface area (Å²) in [5.41, 5.74) is 15.1. The summed E-state index contributed by atoms with van der Waals surface area (Å²) in [6.45, 7) is 3.10. The highest BCUT2D eigenvalue weighted by Gasteiger charge is 2.19. The topological polar surface area (TPSA) is 103 Å². The monoisotopic (exact) mass is 453 g/mol. The van der Waals surface area contributed by atoms with Gasteiger partial charge in [-0.15, -0.1) is 5.10 Å². The fourth-order valence-corrected chi connectivity index (χ4v) is 3.78. The molecule has 0 unspecified atom stereocenters. The van der Waals surface area contributed by atoms with Gasteiger partial charge in [0.05, 0.1) is 5.56 Å². The zero-order valence-corrected chi connectivity index (χ0v) is 17.7. The van der Waals surface area contributed by atoms with E-state index in [-0.39, 0.29) is 17.2 Å². The van der Waals surface area contributed by atoms with Gasteiger partial charge < -0.3 is 11.1 Å². The second-order valence-corrected chi connectivity index (χ2v) is 7.73. The highest BCUT2D eigenvalue weighted by Crippen LogP contribution is 2.26. The molecule has 3 aromatic rings. The van der Waals surface area contributed by atoms with Crippen LogP contribution in [0, 0.1) is 23.0 Å². The van der Waals surface area contributed by atoms with Crippen LogP contribution < -0.4 is 11.1 Å². The molecule has 0 amide bonds. The standard InChI is InChI=1S/C23H22F3N7/c24-18-7-8-19(25)21(20(18)26)30-23(31-32-28)17-11-16(12-29-22(17)27)15-5-3-14(4-6-15)13-33-9-1-2-10-33/h3-8,11-12H,1-2,9-10,13H2,(H2,27,29)(H2,28,30,31). The molecule has 10 heteroatoms. The quantitative estimate of drug-likeness (QED) is 0.158. The minimum Gasteiger partial charge on any atom is -0.383 e. The molecular formula is C23H22F3N7. The summed E-state index contributed by atoms with van der Waals surface area (Å²) in [5.74, 6) is -3.95. The minimum atomic E-state index is -1.43. The summed E-state index contributed by atoms with van der Waals surface area (Å²) >= 11 is 0. The third-order valence-electron chi connectivity index (χ3n) is 5.50. The number of nitrogens with zero attached hydrogens (tertiary/aromatic N) is 4. The largest absolute Gasteiger partial charge is 0.383 e. The number of anilines is 2. The Balaban J connectivity index is 1.63. The molecule has 0 saturated carbocycles. The SMILES string of the molecule is N=N/N=C(\Nc1c(F)ccc(F)c1F)c1cc(-c2ccc(CN3CCCC3)cc2)cnc1N. The molecule has 4 N–H and O–H groups in total. The van der Waals surface area contributed by atoms with Gasteiger partial charge in [0.2, 0.25) is 0 Å². The first-order valence-corrected chi connectivity index (χ1v) is 10.4. The van der Waals surface area contributed by atoms with E-state index >= 15 is 0 Å². The van der Waals surface area contributed by atoms with E-state index in [4.69, 9.17) is 11.3 Å². The van der Waals surface area contributed by atoms with Gasteiger partial charge in [-0.1, -0.05) is 29.5 Å². The van der Waals surface area contributed by atoms with Crippen molar-refractivity contribution in [2.75, 3.05) is 24.1 Å². The predicted octanol–water partition coefficient (Wildman–Crippen LogP) is 5.15. The molecule has 2 aromatic carbocycles. The number of nitrogens with one attached hydrogen (secondary N) is 2. The number of nitrogens with two attached hydrogens (primary N) is 1. The summed E-state index contributed by atoms with van der Waals surface area (Å²) in [6, 6.07) is 11.0. The van der Waals surface area contributed by atoms with Crippen molar-refractivity contribution in [3.63, 3.8) is 0 Å². The Morgan fingerprint density at radius 2 is 1.73 bits per heavy atom. The summed E-state index contributed by atoms with van der Waals surface area (Å²) in [7, 11) is 0. The number of halogens is 3. The molecule has 1 aliphatic rings. The molecule has 4 rings (SSSR count). The van der Waals surface area contributed by atoms with Crippen LogP contribution >= 0.6 is 0 Å². The zero-order chi connectivity index (χ0) is 23.4. The maximum atomic E-state index is 14.1. The summed E-state index contributed by atoms with van der Waals surface area (Å²) < 4.78 is 41.9. The first kappa shape index (κ1) is 22.4. The lowest BCUT2D eigenvalue weighted by Gasteiger charge is -2.15. The van der Waals surface area contributed by atoms with Crippen LogP contribution in [0.3, 0.4) is 0 Å². The van der Waals surface area contributed by atoms with E-state index in [9.17, 15) is 13.2 Å². The van der Waals surface area contributed by atoms with Gasteiger partial charge in [-0.3, -0.25) is 4.90 Å². The van der Waals surface area contributed by atoms with E-state index in [2.05, 4.69) is 25.5 Å². The van der Waals surface area contributed by atoms with Gasteiger partial charge in [0.1, 0.15) is 17.3 Å². The molecule has 0 aliphatic carbocycles. The molecule has 2 heterocycles.